The summed E-state index contributed by atoms with van der Waals surface area (Å²) in [6.45, 7) is 2.09. The number of benzene rings is 1. The van der Waals surface area contributed by atoms with Crippen molar-refractivity contribution in [2.75, 3.05) is 26.0 Å². The minimum atomic E-state index is -3.23. The van der Waals surface area contributed by atoms with Crippen molar-refractivity contribution in [1.29, 1.82) is 0 Å². The molecule has 2 rings (SSSR count). The lowest BCUT2D eigenvalue weighted by Gasteiger charge is -2.22. The molecule has 1 fully saturated rings. The Morgan fingerprint density at radius 3 is 3.00 bits per heavy atom. The van der Waals surface area contributed by atoms with Gasteiger partial charge >= 0.3 is 0 Å². The molecule has 5 nitrogen and oxygen atoms in total. The van der Waals surface area contributed by atoms with Crippen molar-refractivity contribution < 1.29 is 13.2 Å². The summed E-state index contributed by atoms with van der Waals surface area (Å²) >= 11 is 0. The second-order valence-corrected chi connectivity index (χ2v) is 7.02. The lowest BCUT2D eigenvalue weighted by molar-refractivity contribution is 0.402. The van der Waals surface area contributed by atoms with Gasteiger partial charge < -0.3 is 10.1 Å². The van der Waals surface area contributed by atoms with Crippen LogP contribution >= 0.6 is 0 Å². The van der Waals surface area contributed by atoms with Crippen LogP contribution in [0.3, 0.4) is 0 Å². The highest BCUT2D eigenvalue weighted by Gasteiger charge is 2.20. The van der Waals surface area contributed by atoms with Crippen molar-refractivity contribution in [2.24, 2.45) is 5.92 Å². The number of nitrogens with one attached hydrogen (secondary N) is 2. The van der Waals surface area contributed by atoms with Crippen molar-refractivity contribution in [2.45, 2.75) is 19.4 Å². The van der Waals surface area contributed by atoms with Crippen molar-refractivity contribution in [1.82, 2.24) is 10.0 Å². The molecule has 2 N–H and O–H groups in total. The molecule has 1 aliphatic rings. The van der Waals surface area contributed by atoms with Gasteiger partial charge in [-0.1, -0.05) is 12.1 Å². The number of hydrogen-bond donors (Lipinski definition) is 2. The van der Waals surface area contributed by atoms with E-state index < -0.39 is 10.0 Å². The summed E-state index contributed by atoms with van der Waals surface area (Å²) in [5, 5.41) is 3.24. The molecule has 0 amide bonds. The zero-order chi connectivity index (χ0) is 14.4. The first-order valence-electron chi connectivity index (χ1n) is 6.90. The van der Waals surface area contributed by atoms with Gasteiger partial charge in [0.25, 0.3) is 0 Å². The van der Waals surface area contributed by atoms with Gasteiger partial charge in [-0.25, -0.2) is 13.1 Å². The first-order valence-corrected chi connectivity index (χ1v) is 8.55. The highest BCUT2D eigenvalue weighted by molar-refractivity contribution is 7.89. The van der Waals surface area contributed by atoms with Gasteiger partial charge in [0, 0.05) is 6.54 Å². The van der Waals surface area contributed by atoms with Crippen LogP contribution in [0.5, 0.6) is 5.75 Å². The fourth-order valence-corrected chi connectivity index (χ4v) is 3.82. The van der Waals surface area contributed by atoms with Gasteiger partial charge in [-0.15, -0.1) is 0 Å². The molecule has 1 unspecified atom stereocenters. The maximum atomic E-state index is 12.1. The zero-order valence-corrected chi connectivity index (χ0v) is 12.6. The maximum absolute atomic E-state index is 12.1. The first kappa shape index (κ1) is 15.3. The van der Waals surface area contributed by atoms with Gasteiger partial charge in [-0.05, 0) is 49.5 Å². The Kier molecular flexibility index (Phi) is 5.39. The Bertz CT molecular complexity index is 525. The van der Waals surface area contributed by atoms with E-state index in [4.69, 9.17) is 4.74 Å². The quantitative estimate of drug-likeness (QED) is 0.826. The molecule has 20 heavy (non-hydrogen) atoms. The third kappa shape index (κ3) is 4.77. The second-order valence-electron chi connectivity index (χ2n) is 5.17. The number of piperidine rings is 1. The van der Waals surface area contributed by atoms with E-state index in [1.807, 2.05) is 24.3 Å². The fourth-order valence-electron chi connectivity index (χ4n) is 2.41. The molecular weight excluding hydrogens is 276 g/mol. The summed E-state index contributed by atoms with van der Waals surface area (Å²) in [5.74, 6) is 1.15. The van der Waals surface area contributed by atoms with E-state index >= 15 is 0 Å². The molecule has 0 aliphatic carbocycles. The van der Waals surface area contributed by atoms with E-state index in [1.54, 1.807) is 7.11 Å². The van der Waals surface area contributed by atoms with Gasteiger partial charge in [0.15, 0.2) is 0 Å². The van der Waals surface area contributed by atoms with Crippen molar-refractivity contribution in [3.8, 4) is 5.75 Å². The molecular formula is C14H22N2O3S. The van der Waals surface area contributed by atoms with Crippen LogP contribution in [0.2, 0.25) is 0 Å². The highest BCUT2D eigenvalue weighted by atomic mass is 32.2. The lowest BCUT2D eigenvalue weighted by atomic mass is 10.0. The third-order valence-corrected chi connectivity index (χ3v) is 4.98. The first-order chi connectivity index (χ1) is 9.59. The minimum Gasteiger partial charge on any atom is -0.497 e. The molecule has 6 heteroatoms. The van der Waals surface area contributed by atoms with Crippen LogP contribution in [-0.2, 0) is 16.6 Å². The third-order valence-electron chi connectivity index (χ3n) is 3.48. The molecule has 1 aromatic carbocycles. The van der Waals surface area contributed by atoms with Gasteiger partial charge in [0.05, 0.1) is 12.9 Å². The van der Waals surface area contributed by atoms with E-state index in [0.29, 0.717) is 6.54 Å². The lowest BCUT2D eigenvalue weighted by Crippen LogP contribution is -2.37. The normalized spacial score (nSPS) is 19.8. The molecule has 1 saturated heterocycles. The monoisotopic (exact) mass is 298 g/mol. The van der Waals surface area contributed by atoms with Crippen LogP contribution in [0, 0.1) is 5.92 Å². The largest absolute Gasteiger partial charge is 0.497 e. The van der Waals surface area contributed by atoms with Crippen LogP contribution in [0.4, 0.5) is 0 Å². The zero-order valence-electron chi connectivity index (χ0n) is 11.8. The Morgan fingerprint density at radius 1 is 1.45 bits per heavy atom. The summed E-state index contributed by atoms with van der Waals surface area (Å²) in [7, 11) is -1.63. The predicted octanol–water partition coefficient (Wildman–Crippen LogP) is 1.11. The number of rotatable bonds is 6. The summed E-state index contributed by atoms with van der Waals surface area (Å²) in [6.07, 6.45) is 2.03. The molecule has 1 aliphatic heterocycles. The molecule has 112 valence electrons. The Hall–Kier alpha value is -1.11. The molecule has 1 aromatic rings. The van der Waals surface area contributed by atoms with E-state index in [-0.39, 0.29) is 11.7 Å². The van der Waals surface area contributed by atoms with Crippen LogP contribution < -0.4 is 14.8 Å². The van der Waals surface area contributed by atoms with Crippen LogP contribution in [0.25, 0.3) is 0 Å². The molecule has 0 aromatic heterocycles. The molecule has 1 atom stereocenters. The SMILES string of the molecule is COc1cccc(CNS(=O)(=O)CC2CCCNC2)c1. The van der Waals surface area contributed by atoms with Gasteiger partial charge in [-0.2, -0.15) is 0 Å². The number of sulfonamides is 1. The minimum absolute atomic E-state index is 0.198. The molecule has 0 spiro atoms. The Balaban J connectivity index is 1.87. The van der Waals surface area contributed by atoms with E-state index in [1.165, 1.54) is 0 Å². The van der Waals surface area contributed by atoms with Gasteiger partial charge in [0.2, 0.25) is 10.0 Å². The smallest absolute Gasteiger partial charge is 0.212 e. The highest BCUT2D eigenvalue weighted by Crippen LogP contribution is 2.14. The van der Waals surface area contributed by atoms with Crippen molar-refractivity contribution in [3.05, 3.63) is 29.8 Å². The summed E-state index contributed by atoms with van der Waals surface area (Å²) in [5.41, 5.74) is 0.898. The number of methoxy groups -OCH3 is 1. The van der Waals surface area contributed by atoms with Crippen molar-refractivity contribution >= 4 is 10.0 Å². The maximum Gasteiger partial charge on any atom is 0.212 e. The molecule has 1 heterocycles. The standard InChI is InChI=1S/C14H22N2O3S/c1-19-14-6-2-4-12(8-14)10-16-20(17,18)11-13-5-3-7-15-9-13/h2,4,6,8,13,15-16H,3,5,7,9-11H2,1H3. The summed E-state index contributed by atoms with van der Waals surface area (Å²) in [4.78, 5) is 0. The number of ether oxygens (including phenoxy) is 1. The predicted molar refractivity (Wildman–Crippen MR) is 79.2 cm³/mol. The number of hydrogen-bond acceptors (Lipinski definition) is 4. The summed E-state index contributed by atoms with van der Waals surface area (Å²) in [6, 6.07) is 7.41. The van der Waals surface area contributed by atoms with Gasteiger partial charge in [0.1, 0.15) is 5.75 Å². The Labute approximate surface area is 120 Å². The molecule has 0 bridgehead atoms. The Morgan fingerprint density at radius 2 is 2.30 bits per heavy atom. The van der Waals surface area contributed by atoms with Crippen molar-refractivity contribution in [3.63, 3.8) is 0 Å². The van der Waals surface area contributed by atoms with Crippen LogP contribution in [-0.4, -0.2) is 34.4 Å². The molecule has 0 radical (unpaired) electrons. The second kappa shape index (κ2) is 7.06. The molecule has 0 saturated carbocycles. The fraction of sp³-hybridized carbons (Fsp3) is 0.571. The average molecular weight is 298 g/mol. The van der Waals surface area contributed by atoms with Crippen LogP contribution in [0.15, 0.2) is 24.3 Å². The van der Waals surface area contributed by atoms with Crippen LogP contribution in [0.1, 0.15) is 18.4 Å². The summed E-state index contributed by atoms with van der Waals surface area (Å²) < 4.78 is 31.9. The van der Waals surface area contributed by atoms with E-state index in [2.05, 4.69) is 10.0 Å². The van der Waals surface area contributed by atoms with E-state index in [9.17, 15) is 8.42 Å². The topological polar surface area (TPSA) is 67.4 Å². The van der Waals surface area contributed by atoms with E-state index in [0.717, 1.165) is 37.2 Å². The van der Waals surface area contributed by atoms with Gasteiger partial charge in [-0.3, -0.25) is 0 Å². The average Bonchev–Trinajstić information content (AvgIpc) is 2.46.